The number of rotatable bonds is 3. The highest BCUT2D eigenvalue weighted by Gasteiger charge is 2.34. The van der Waals surface area contributed by atoms with Crippen molar-refractivity contribution in [1.82, 2.24) is 4.90 Å². The molecule has 0 aromatic heterocycles. The van der Waals surface area contributed by atoms with Crippen molar-refractivity contribution >= 4 is 5.97 Å². The quantitative estimate of drug-likeness (QED) is 0.649. The third-order valence-corrected chi connectivity index (χ3v) is 2.48. The summed E-state index contributed by atoms with van der Waals surface area (Å²) in [6.45, 7) is 5.28. The van der Waals surface area contributed by atoms with Gasteiger partial charge in [-0.25, -0.2) is 4.79 Å². The minimum atomic E-state index is -1.67. The molecule has 82 valence electrons. The Balaban J connectivity index is 2.53. The zero-order valence-corrected chi connectivity index (χ0v) is 8.56. The molecule has 2 unspecified atom stereocenters. The molecule has 0 aliphatic carbocycles. The van der Waals surface area contributed by atoms with Gasteiger partial charge >= 0.3 is 5.97 Å². The van der Waals surface area contributed by atoms with Crippen LogP contribution in [0.2, 0.25) is 0 Å². The molecule has 0 amide bonds. The van der Waals surface area contributed by atoms with E-state index in [-0.39, 0.29) is 12.6 Å². The maximum Gasteiger partial charge on any atom is 0.336 e. The monoisotopic (exact) mass is 203 g/mol. The fourth-order valence-corrected chi connectivity index (χ4v) is 1.46. The second-order valence-electron chi connectivity index (χ2n) is 3.97. The summed E-state index contributed by atoms with van der Waals surface area (Å²) in [4.78, 5) is 12.6. The minimum Gasteiger partial charge on any atom is -0.479 e. The summed E-state index contributed by atoms with van der Waals surface area (Å²) < 4.78 is 5.22. The molecule has 1 aliphatic heterocycles. The van der Waals surface area contributed by atoms with Crippen LogP contribution in [0, 0.1) is 0 Å². The van der Waals surface area contributed by atoms with Gasteiger partial charge in [0.25, 0.3) is 0 Å². The number of morpholine rings is 1. The standard InChI is InChI=1S/C9H17NO4/c1-7-5-14-4-3-10(7)6-9(2,13)8(11)12/h7,13H,3-6H2,1-2H3,(H,11,12). The lowest BCUT2D eigenvalue weighted by Gasteiger charge is -2.36. The average Bonchev–Trinajstić information content (AvgIpc) is 2.08. The molecule has 1 rings (SSSR count). The van der Waals surface area contributed by atoms with Crippen molar-refractivity contribution in [2.45, 2.75) is 25.5 Å². The average molecular weight is 203 g/mol. The Morgan fingerprint density at radius 2 is 2.36 bits per heavy atom. The van der Waals surface area contributed by atoms with Gasteiger partial charge in [-0.15, -0.1) is 0 Å². The molecular weight excluding hydrogens is 186 g/mol. The Bertz CT molecular complexity index is 217. The molecule has 0 spiro atoms. The van der Waals surface area contributed by atoms with Crippen molar-refractivity contribution in [2.24, 2.45) is 0 Å². The SMILES string of the molecule is CC1COCCN1CC(C)(O)C(=O)O. The van der Waals surface area contributed by atoms with Crippen molar-refractivity contribution in [2.75, 3.05) is 26.3 Å². The molecule has 1 fully saturated rings. The Kier molecular flexibility index (Phi) is 3.47. The molecule has 0 saturated carbocycles. The van der Waals surface area contributed by atoms with E-state index in [0.29, 0.717) is 19.8 Å². The second kappa shape index (κ2) is 4.25. The molecule has 2 N–H and O–H groups in total. The van der Waals surface area contributed by atoms with E-state index < -0.39 is 11.6 Å². The highest BCUT2D eigenvalue weighted by molar-refractivity contribution is 5.76. The fraction of sp³-hybridized carbons (Fsp3) is 0.889. The first-order valence-electron chi connectivity index (χ1n) is 4.71. The first-order chi connectivity index (χ1) is 6.43. The lowest BCUT2D eigenvalue weighted by atomic mass is 10.1. The van der Waals surface area contributed by atoms with E-state index in [1.807, 2.05) is 11.8 Å². The predicted octanol–water partition coefficient (Wildman–Crippen LogP) is -0.457. The van der Waals surface area contributed by atoms with E-state index in [1.54, 1.807) is 0 Å². The number of carboxylic acids is 1. The van der Waals surface area contributed by atoms with Gasteiger partial charge in [-0.05, 0) is 13.8 Å². The highest BCUT2D eigenvalue weighted by atomic mass is 16.5. The van der Waals surface area contributed by atoms with Gasteiger partial charge in [-0.3, -0.25) is 4.90 Å². The Morgan fingerprint density at radius 1 is 1.71 bits per heavy atom. The zero-order valence-electron chi connectivity index (χ0n) is 8.56. The van der Waals surface area contributed by atoms with Crippen LogP contribution < -0.4 is 0 Å². The van der Waals surface area contributed by atoms with Gasteiger partial charge in [0.1, 0.15) is 0 Å². The van der Waals surface area contributed by atoms with E-state index in [1.165, 1.54) is 6.92 Å². The van der Waals surface area contributed by atoms with Crippen molar-refractivity contribution in [1.29, 1.82) is 0 Å². The van der Waals surface area contributed by atoms with E-state index in [4.69, 9.17) is 9.84 Å². The van der Waals surface area contributed by atoms with Crippen LogP contribution in [-0.2, 0) is 9.53 Å². The predicted molar refractivity (Wildman–Crippen MR) is 50.1 cm³/mol. The van der Waals surface area contributed by atoms with Gasteiger partial charge in [0.05, 0.1) is 13.2 Å². The fourth-order valence-electron chi connectivity index (χ4n) is 1.46. The normalized spacial score (nSPS) is 28.4. The van der Waals surface area contributed by atoms with Gasteiger partial charge in [0.2, 0.25) is 0 Å². The Hall–Kier alpha value is -0.650. The molecule has 1 saturated heterocycles. The number of aliphatic hydroxyl groups is 1. The summed E-state index contributed by atoms with van der Waals surface area (Å²) in [5.74, 6) is -1.18. The minimum absolute atomic E-state index is 0.146. The van der Waals surface area contributed by atoms with Crippen LogP contribution in [0.3, 0.4) is 0 Å². The maximum absolute atomic E-state index is 10.7. The molecule has 2 atom stereocenters. The van der Waals surface area contributed by atoms with Crippen LogP contribution in [0.5, 0.6) is 0 Å². The number of aliphatic carboxylic acids is 1. The molecule has 0 aromatic carbocycles. The summed E-state index contributed by atoms with van der Waals surface area (Å²) in [6, 6.07) is 0.162. The second-order valence-corrected chi connectivity index (χ2v) is 3.97. The van der Waals surface area contributed by atoms with Crippen LogP contribution in [0.1, 0.15) is 13.8 Å². The van der Waals surface area contributed by atoms with Gasteiger partial charge in [0.15, 0.2) is 5.60 Å². The van der Waals surface area contributed by atoms with Crippen molar-refractivity contribution in [3.8, 4) is 0 Å². The van der Waals surface area contributed by atoms with Crippen molar-refractivity contribution in [3.63, 3.8) is 0 Å². The van der Waals surface area contributed by atoms with Gasteiger partial charge in [-0.1, -0.05) is 0 Å². The highest BCUT2D eigenvalue weighted by Crippen LogP contribution is 2.12. The van der Waals surface area contributed by atoms with E-state index in [9.17, 15) is 9.90 Å². The molecule has 14 heavy (non-hydrogen) atoms. The summed E-state index contributed by atoms with van der Waals surface area (Å²) in [5.41, 5.74) is -1.67. The van der Waals surface area contributed by atoms with E-state index >= 15 is 0 Å². The number of β-amino-alcohol motifs (C(OH)–C–C–N with tert-alkyl or cyclic N) is 1. The first kappa shape index (κ1) is 11.4. The summed E-state index contributed by atoms with van der Waals surface area (Å²) in [7, 11) is 0. The molecule has 0 bridgehead atoms. The number of ether oxygens (including phenoxy) is 1. The first-order valence-corrected chi connectivity index (χ1v) is 4.71. The van der Waals surface area contributed by atoms with Crippen molar-refractivity contribution in [3.05, 3.63) is 0 Å². The van der Waals surface area contributed by atoms with Crippen LogP contribution in [-0.4, -0.2) is 59.0 Å². The number of hydrogen-bond acceptors (Lipinski definition) is 4. The summed E-state index contributed by atoms with van der Waals surface area (Å²) in [5, 5.41) is 18.3. The summed E-state index contributed by atoms with van der Waals surface area (Å²) >= 11 is 0. The number of hydrogen-bond donors (Lipinski definition) is 2. The molecule has 1 heterocycles. The lowest BCUT2D eigenvalue weighted by molar-refractivity contribution is -0.160. The van der Waals surface area contributed by atoms with Crippen LogP contribution >= 0.6 is 0 Å². The number of nitrogens with zero attached hydrogens (tertiary/aromatic N) is 1. The van der Waals surface area contributed by atoms with E-state index in [2.05, 4.69) is 0 Å². The van der Waals surface area contributed by atoms with Gasteiger partial charge < -0.3 is 14.9 Å². The number of carbonyl (C=O) groups is 1. The molecule has 5 nitrogen and oxygen atoms in total. The van der Waals surface area contributed by atoms with Crippen molar-refractivity contribution < 1.29 is 19.7 Å². The molecule has 0 aromatic rings. The van der Waals surface area contributed by atoms with Crippen LogP contribution in [0.15, 0.2) is 0 Å². The van der Waals surface area contributed by atoms with E-state index in [0.717, 1.165) is 0 Å². The topological polar surface area (TPSA) is 70.0 Å². The molecule has 5 heteroatoms. The molecular formula is C9H17NO4. The molecule has 0 radical (unpaired) electrons. The zero-order chi connectivity index (χ0) is 10.8. The largest absolute Gasteiger partial charge is 0.479 e. The maximum atomic E-state index is 10.7. The third-order valence-electron chi connectivity index (χ3n) is 2.48. The van der Waals surface area contributed by atoms with Gasteiger partial charge in [-0.2, -0.15) is 0 Å². The third kappa shape index (κ3) is 2.67. The smallest absolute Gasteiger partial charge is 0.336 e. The van der Waals surface area contributed by atoms with Gasteiger partial charge in [0, 0.05) is 19.1 Å². The molecule has 1 aliphatic rings. The Labute approximate surface area is 83.3 Å². The number of carboxylic acid groups (broad SMARTS) is 1. The Morgan fingerprint density at radius 3 is 2.86 bits per heavy atom. The van der Waals surface area contributed by atoms with Crippen LogP contribution in [0.25, 0.3) is 0 Å². The lowest BCUT2D eigenvalue weighted by Crippen LogP contribution is -2.53. The van der Waals surface area contributed by atoms with Crippen LogP contribution in [0.4, 0.5) is 0 Å². The summed E-state index contributed by atoms with van der Waals surface area (Å²) in [6.07, 6.45) is 0.